The second kappa shape index (κ2) is 59.0. The minimum absolute atomic E-state index is 0.0641. The molecule has 0 amide bonds. The van der Waals surface area contributed by atoms with Crippen LogP contribution >= 0.6 is 0 Å². The zero-order valence-corrected chi connectivity index (χ0v) is 53.5. The fourth-order valence-corrected chi connectivity index (χ4v) is 10.5. The Morgan fingerprint density at radius 2 is 0.723 bits per heavy atom. The van der Waals surface area contributed by atoms with Gasteiger partial charge in [-0.3, -0.25) is 14.4 Å². The number of aliphatic carboxylic acids is 1. The molecule has 12 nitrogen and oxygen atoms in total. The van der Waals surface area contributed by atoms with Crippen LogP contribution in [0.15, 0.2) is 48.6 Å². The Morgan fingerprint density at radius 3 is 1.11 bits per heavy atom. The van der Waals surface area contributed by atoms with Crippen LogP contribution in [0.3, 0.4) is 0 Å². The van der Waals surface area contributed by atoms with Gasteiger partial charge in [-0.15, -0.1) is 0 Å². The minimum atomic E-state index is -1.90. The van der Waals surface area contributed by atoms with Gasteiger partial charge in [0.1, 0.15) is 18.8 Å². The molecule has 0 aliphatic carbocycles. The maximum Gasteiger partial charge on any atom is 0.335 e. The van der Waals surface area contributed by atoms with E-state index in [9.17, 15) is 34.5 Å². The van der Waals surface area contributed by atoms with Gasteiger partial charge in [0.2, 0.25) is 0 Å². The number of aliphatic hydroxyl groups excluding tert-OH is 2. The lowest BCUT2D eigenvalue weighted by atomic mass is 9.98. The molecule has 0 aromatic heterocycles. The summed E-state index contributed by atoms with van der Waals surface area (Å²) >= 11 is 0. The van der Waals surface area contributed by atoms with Crippen molar-refractivity contribution in [2.75, 3.05) is 13.2 Å². The van der Waals surface area contributed by atoms with E-state index in [1.807, 2.05) is 0 Å². The van der Waals surface area contributed by atoms with Gasteiger partial charge in [-0.05, 0) is 83.5 Å². The molecule has 0 saturated carbocycles. The summed E-state index contributed by atoms with van der Waals surface area (Å²) in [7, 11) is 0. The van der Waals surface area contributed by atoms with Gasteiger partial charge in [-0.25, -0.2) is 4.79 Å². The van der Waals surface area contributed by atoms with E-state index < -0.39 is 67.3 Å². The van der Waals surface area contributed by atoms with Crippen molar-refractivity contribution in [2.24, 2.45) is 0 Å². The zero-order chi connectivity index (χ0) is 60.3. The molecule has 1 aliphatic rings. The summed E-state index contributed by atoms with van der Waals surface area (Å²) in [5.41, 5.74) is 0. The van der Waals surface area contributed by atoms with Crippen LogP contribution in [-0.4, -0.2) is 89.2 Å². The Bertz CT molecular complexity index is 1630. The van der Waals surface area contributed by atoms with E-state index >= 15 is 0 Å². The SMILES string of the molecule is CCCCC/C=C\C/C=C\CCCCCCCCCCCC(=O)OCC(COC1OC(C(=O)O)C(O)C(O)C1OC(=O)CCCCCCCCCCCCCCCCCCC)OC(=O)CCCCCCCCC/C=C\C/C=C\CCCCC. The second-order valence-corrected chi connectivity index (χ2v) is 23.8. The predicted octanol–water partition coefficient (Wildman–Crippen LogP) is 18.9. The Labute approximate surface area is 507 Å². The van der Waals surface area contributed by atoms with Crippen molar-refractivity contribution in [1.82, 2.24) is 0 Å². The van der Waals surface area contributed by atoms with E-state index in [0.717, 1.165) is 89.9 Å². The van der Waals surface area contributed by atoms with Crippen LogP contribution in [0.1, 0.15) is 329 Å². The van der Waals surface area contributed by atoms with Crippen LogP contribution in [0.5, 0.6) is 0 Å². The first-order valence-electron chi connectivity index (χ1n) is 34.6. The number of carboxylic acid groups (broad SMARTS) is 1. The summed E-state index contributed by atoms with van der Waals surface area (Å²) in [4.78, 5) is 51.4. The number of carbonyl (C=O) groups excluding carboxylic acids is 3. The maximum absolute atomic E-state index is 13.2. The first-order valence-corrected chi connectivity index (χ1v) is 34.6. The summed E-state index contributed by atoms with van der Waals surface area (Å²) < 4.78 is 28.6. The number of hydrogen-bond donors (Lipinski definition) is 3. The summed E-state index contributed by atoms with van der Waals surface area (Å²) in [6.07, 6.45) is 60.6. The van der Waals surface area contributed by atoms with Crippen molar-refractivity contribution >= 4 is 23.9 Å². The predicted molar refractivity (Wildman–Crippen MR) is 340 cm³/mol. The van der Waals surface area contributed by atoms with Gasteiger partial charge in [0, 0.05) is 19.3 Å². The highest BCUT2D eigenvalue weighted by Crippen LogP contribution is 2.27. The van der Waals surface area contributed by atoms with E-state index in [0.29, 0.717) is 19.3 Å². The lowest BCUT2D eigenvalue weighted by molar-refractivity contribution is -0.301. The molecule has 0 bridgehead atoms. The average molecular weight is 1170 g/mol. The molecule has 0 radical (unpaired) electrons. The quantitative estimate of drug-likeness (QED) is 0.0228. The first kappa shape index (κ1) is 77.7. The Hall–Kier alpha value is -3.32. The molecular formula is C71H126O12. The Balaban J connectivity index is 2.63. The normalized spacial score (nSPS) is 17.8. The third-order valence-electron chi connectivity index (χ3n) is 15.9. The van der Waals surface area contributed by atoms with Crippen LogP contribution in [-0.2, 0) is 42.9 Å². The number of hydrogen-bond acceptors (Lipinski definition) is 11. The molecule has 12 heteroatoms. The lowest BCUT2D eigenvalue weighted by Crippen LogP contribution is -2.61. The highest BCUT2D eigenvalue weighted by atomic mass is 16.7. The number of carboxylic acids is 1. The van der Waals surface area contributed by atoms with Gasteiger partial charge in [-0.1, -0.05) is 275 Å². The van der Waals surface area contributed by atoms with Crippen LogP contribution in [0.2, 0.25) is 0 Å². The molecule has 1 fully saturated rings. The molecule has 482 valence electrons. The summed E-state index contributed by atoms with van der Waals surface area (Å²) in [6.45, 7) is 6.00. The standard InChI is InChI=1S/C71H126O12/c1-4-7-10-13-16-19-22-25-28-31-32-35-36-39-42-45-48-51-54-57-63(72)79-60-62(81-64(73)58-55-52-49-46-43-40-37-33-29-26-23-20-17-14-11-8-5-2)61-80-71-69(67(76)66(75)68(83-71)70(77)78)82-65(74)59-56-53-50-47-44-41-38-34-30-27-24-21-18-15-12-9-6-3/h16-17,19-20,25-26,28-29,62,66-69,71,75-76H,4-15,18,21-24,27,30-61H2,1-3H3,(H,77,78)/b19-16-,20-17-,28-25-,29-26-. The molecule has 6 atom stereocenters. The van der Waals surface area contributed by atoms with Crippen molar-refractivity contribution in [3.8, 4) is 0 Å². The van der Waals surface area contributed by atoms with Gasteiger partial charge >= 0.3 is 23.9 Å². The molecule has 1 rings (SSSR count). The van der Waals surface area contributed by atoms with Crippen molar-refractivity contribution in [3.63, 3.8) is 0 Å². The van der Waals surface area contributed by atoms with Gasteiger partial charge < -0.3 is 39.0 Å². The number of allylic oxidation sites excluding steroid dienone is 8. The Kier molecular flexibility index (Phi) is 55.3. The number of carbonyl (C=O) groups is 4. The fraction of sp³-hybridized carbons (Fsp3) is 0.831. The fourth-order valence-electron chi connectivity index (χ4n) is 10.5. The highest BCUT2D eigenvalue weighted by molar-refractivity contribution is 5.74. The number of rotatable bonds is 60. The van der Waals surface area contributed by atoms with Crippen molar-refractivity contribution in [3.05, 3.63) is 48.6 Å². The number of aliphatic hydroxyl groups is 2. The molecule has 83 heavy (non-hydrogen) atoms. The molecule has 1 aliphatic heterocycles. The van der Waals surface area contributed by atoms with E-state index in [2.05, 4.69) is 69.4 Å². The minimum Gasteiger partial charge on any atom is -0.479 e. The van der Waals surface area contributed by atoms with Crippen molar-refractivity contribution < 1.29 is 58.2 Å². The second-order valence-electron chi connectivity index (χ2n) is 23.8. The first-order chi connectivity index (χ1) is 40.6. The maximum atomic E-state index is 13.2. The van der Waals surface area contributed by atoms with Crippen LogP contribution in [0, 0.1) is 0 Å². The molecule has 0 aromatic carbocycles. The summed E-state index contributed by atoms with van der Waals surface area (Å²) in [5, 5.41) is 31.7. The van der Waals surface area contributed by atoms with Gasteiger partial charge in [0.25, 0.3) is 0 Å². The van der Waals surface area contributed by atoms with Crippen LogP contribution < -0.4 is 0 Å². The van der Waals surface area contributed by atoms with Crippen molar-refractivity contribution in [1.29, 1.82) is 0 Å². The van der Waals surface area contributed by atoms with Crippen molar-refractivity contribution in [2.45, 2.75) is 366 Å². The largest absolute Gasteiger partial charge is 0.479 e. The molecule has 0 aromatic rings. The van der Waals surface area contributed by atoms with E-state index in [1.54, 1.807) is 0 Å². The molecule has 3 N–H and O–H groups in total. The number of esters is 3. The Morgan fingerprint density at radius 1 is 0.398 bits per heavy atom. The van der Waals surface area contributed by atoms with Crippen LogP contribution in [0.4, 0.5) is 0 Å². The smallest absolute Gasteiger partial charge is 0.335 e. The molecule has 1 saturated heterocycles. The van der Waals surface area contributed by atoms with Gasteiger partial charge in [0.05, 0.1) is 6.61 Å². The van der Waals surface area contributed by atoms with Gasteiger partial charge in [-0.2, -0.15) is 0 Å². The lowest BCUT2D eigenvalue weighted by Gasteiger charge is -2.40. The zero-order valence-electron chi connectivity index (χ0n) is 53.5. The summed E-state index contributed by atoms with van der Waals surface area (Å²) in [5.74, 6) is -3.10. The van der Waals surface area contributed by atoms with Gasteiger partial charge in [0.15, 0.2) is 24.6 Å². The van der Waals surface area contributed by atoms with Crippen LogP contribution in [0.25, 0.3) is 0 Å². The topological polar surface area (TPSA) is 175 Å². The molecular weight excluding hydrogens is 1040 g/mol. The number of unbranched alkanes of at least 4 members (excludes halogenated alkanes) is 38. The van der Waals surface area contributed by atoms with E-state index in [-0.39, 0.29) is 25.9 Å². The number of ether oxygens (including phenoxy) is 5. The highest BCUT2D eigenvalue weighted by Gasteiger charge is 2.50. The molecule has 6 unspecified atom stereocenters. The molecule has 0 spiro atoms. The third-order valence-corrected chi connectivity index (χ3v) is 15.9. The monoisotopic (exact) mass is 1170 g/mol. The average Bonchev–Trinajstić information content (AvgIpc) is 3.59. The molecule has 1 heterocycles. The van der Waals surface area contributed by atoms with E-state index in [4.69, 9.17) is 23.7 Å². The third kappa shape index (κ3) is 48.5. The van der Waals surface area contributed by atoms with E-state index in [1.165, 1.54) is 180 Å². The summed E-state index contributed by atoms with van der Waals surface area (Å²) in [6, 6.07) is 0.